The molecule has 18 heavy (non-hydrogen) atoms. The summed E-state index contributed by atoms with van der Waals surface area (Å²) in [5, 5.41) is 6.47. The lowest BCUT2D eigenvalue weighted by atomic mass is 9.93. The van der Waals surface area contributed by atoms with E-state index in [0.717, 1.165) is 31.0 Å². The van der Waals surface area contributed by atoms with Crippen LogP contribution in [0.1, 0.15) is 47.3 Å². The van der Waals surface area contributed by atoms with Gasteiger partial charge in [0.2, 0.25) is 0 Å². The van der Waals surface area contributed by atoms with E-state index in [2.05, 4.69) is 35.8 Å². The molecule has 1 atom stereocenters. The van der Waals surface area contributed by atoms with E-state index in [9.17, 15) is 4.79 Å². The molecule has 0 spiro atoms. The SMILES string of the molecule is CCNC(c1ccc2c(c1)C(=O)NCC2)C1CC1. The van der Waals surface area contributed by atoms with Crippen LogP contribution in [0.3, 0.4) is 0 Å². The Morgan fingerprint density at radius 3 is 3.00 bits per heavy atom. The fourth-order valence-electron chi connectivity index (χ4n) is 2.83. The average Bonchev–Trinajstić information content (AvgIpc) is 3.21. The molecule has 0 radical (unpaired) electrons. The second-order valence-corrected chi connectivity index (χ2v) is 5.30. The molecule has 1 aliphatic carbocycles. The Labute approximate surface area is 108 Å². The number of rotatable bonds is 4. The highest BCUT2D eigenvalue weighted by molar-refractivity contribution is 5.96. The van der Waals surface area contributed by atoms with Crippen LogP contribution in [0.4, 0.5) is 0 Å². The van der Waals surface area contributed by atoms with E-state index < -0.39 is 0 Å². The lowest BCUT2D eigenvalue weighted by Crippen LogP contribution is -2.32. The van der Waals surface area contributed by atoms with E-state index in [-0.39, 0.29) is 5.91 Å². The van der Waals surface area contributed by atoms with Gasteiger partial charge in [0, 0.05) is 18.2 Å². The number of carbonyl (C=O) groups excluding carboxylic acids is 1. The van der Waals surface area contributed by atoms with Crippen molar-refractivity contribution in [2.45, 2.75) is 32.2 Å². The maximum Gasteiger partial charge on any atom is 0.251 e. The molecule has 0 saturated heterocycles. The minimum Gasteiger partial charge on any atom is -0.352 e. The zero-order valence-electron chi connectivity index (χ0n) is 10.8. The predicted octanol–water partition coefficient (Wildman–Crippen LogP) is 2.03. The molecule has 2 N–H and O–H groups in total. The van der Waals surface area contributed by atoms with Crippen LogP contribution in [0.5, 0.6) is 0 Å². The van der Waals surface area contributed by atoms with Gasteiger partial charge in [-0.25, -0.2) is 0 Å². The van der Waals surface area contributed by atoms with Crippen molar-refractivity contribution in [2.24, 2.45) is 5.92 Å². The second kappa shape index (κ2) is 4.73. The van der Waals surface area contributed by atoms with E-state index in [0.29, 0.717) is 6.04 Å². The summed E-state index contributed by atoms with van der Waals surface area (Å²) >= 11 is 0. The van der Waals surface area contributed by atoms with Crippen molar-refractivity contribution in [3.05, 3.63) is 34.9 Å². The molecule has 1 fully saturated rings. The number of benzene rings is 1. The molecule has 2 aliphatic rings. The molecule has 1 amide bonds. The largest absolute Gasteiger partial charge is 0.352 e. The topological polar surface area (TPSA) is 41.1 Å². The van der Waals surface area contributed by atoms with Crippen LogP contribution in [0.15, 0.2) is 18.2 Å². The highest BCUT2D eigenvalue weighted by Crippen LogP contribution is 2.41. The fourth-order valence-corrected chi connectivity index (χ4v) is 2.83. The molecule has 1 unspecified atom stereocenters. The summed E-state index contributed by atoms with van der Waals surface area (Å²) in [6.07, 6.45) is 3.57. The minimum absolute atomic E-state index is 0.0872. The van der Waals surface area contributed by atoms with Crippen molar-refractivity contribution in [3.8, 4) is 0 Å². The summed E-state index contributed by atoms with van der Waals surface area (Å²) in [4.78, 5) is 11.9. The first kappa shape index (κ1) is 11.7. The van der Waals surface area contributed by atoms with E-state index in [1.807, 2.05) is 0 Å². The molecule has 1 saturated carbocycles. The van der Waals surface area contributed by atoms with Gasteiger partial charge in [-0.3, -0.25) is 4.79 Å². The lowest BCUT2D eigenvalue weighted by molar-refractivity contribution is 0.0946. The first-order chi connectivity index (χ1) is 8.79. The van der Waals surface area contributed by atoms with E-state index in [1.165, 1.54) is 24.0 Å². The van der Waals surface area contributed by atoms with Gasteiger partial charge in [-0.2, -0.15) is 0 Å². The van der Waals surface area contributed by atoms with Crippen molar-refractivity contribution in [3.63, 3.8) is 0 Å². The van der Waals surface area contributed by atoms with Crippen LogP contribution in [0, 0.1) is 5.92 Å². The monoisotopic (exact) mass is 244 g/mol. The Kier molecular flexibility index (Phi) is 3.08. The predicted molar refractivity (Wildman–Crippen MR) is 71.6 cm³/mol. The molecule has 96 valence electrons. The highest BCUT2D eigenvalue weighted by Gasteiger charge is 2.32. The van der Waals surface area contributed by atoms with Gasteiger partial charge in [-0.15, -0.1) is 0 Å². The van der Waals surface area contributed by atoms with Gasteiger partial charge >= 0.3 is 0 Å². The Hall–Kier alpha value is -1.35. The molecule has 1 aliphatic heterocycles. The molecular weight excluding hydrogens is 224 g/mol. The normalized spacial score (nSPS) is 20.2. The third-order valence-corrected chi connectivity index (χ3v) is 3.94. The van der Waals surface area contributed by atoms with Crippen LogP contribution < -0.4 is 10.6 Å². The van der Waals surface area contributed by atoms with Crippen molar-refractivity contribution in [2.75, 3.05) is 13.1 Å². The fraction of sp³-hybridized carbons (Fsp3) is 0.533. The molecule has 1 aromatic rings. The number of amides is 1. The smallest absolute Gasteiger partial charge is 0.251 e. The van der Waals surface area contributed by atoms with Crippen molar-refractivity contribution in [1.82, 2.24) is 10.6 Å². The second-order valence-electron chi connectivity index (χ2n) is 5.30. The first-order valence-electron chi connectivity index (χ1n) is 6.94. The van der Waals surface area contributed by atoms with Crippen LogP contribution in [-0.4, -0.2) is 19.0 Å². The summed E-state index contributed by atoms with van der Waals surface area (Å²) in [5.74, 6) is 0.846. The van der Waals surface area contributed by atoms with Gasteiger partial charge in [-0.05, 0) is 48.9 Å². The zero-order valence-corrected chi connectivity index (χ0v) is 10.8. The molecule has 0 bridgehead atoms. The Morgan fingerprint density at radius 1 is 1.44 bits per heavy atom. The summed E-state index contributed by atoms with van der Waals surface area (Å²) in [6.45, 7) is 3.88. The minimum atomic E-state index is 0.0872. The zero-order chi connectivity index (χ0) is 12.5. The lowest BCUT2D eigenvalue weighted by Gasteiger charge is -2.22. The van der Waals surface area contributed by atoms with Gasteiger partial charge in [0.1, 0.15) is 0 Å². The maximum atomic E-state index is 11.9. The molecule has 3 heteroatoms. The summed E-state index contributed by atoms with van der Waals surface area (Å²) < 4.78 is 0. The van der Waals surface area contributed by atoms with E-state index in [4.69, 9.17) is 0 Å². The van der Waals surface area contributed by atoms with Gasteiger partial charge in [0.05, 0.1) is 0 Å². The van der Waals surface area contributed by atoms with Crippen LogP contribution in [0.2, 0.25) is 0 Å². The Bertz CT molecular complexity index is 466. The molecule has 3 rings (SSSR count). The quantitative estimate of drug-likeness (QED) is 0.851. The number of hydrogen-bond donors (Lipinski definition) is 2. The van der Waals surface area contributed by atoms with Gasteiger partial charge in [-0.1, -0.05) is 19.1 Å². The maximum absolute atomic E-state index is 11.9. The Balaban J connectivity index is 1.92. The third kappa shape index (κ3) is 2.15. The third-order valence-electron chi connectivity index (χ3n) is 3.94. The van der Waals surface area contributed by atoms with Crippen LogP contribution in [0.25, 0.3) is 0 Å². The van der Waals surface area contributed by atoms with Gasteiger partial charge in [0.25, 0.3) is 5.91 Å². The number of hydrogen-bond acceptors (Lipinski definition) is 2. The van der Waals surface area contributed by atoms with Crippen LogP contribution >= 0.6 is 0 Å². The summed E-state index contributed by atoms with van der Waals surface area (Å²) in [6, 6.07) is 6.85. The van der Waals surface area contributed by atoms with Crippen molar-refractivity contribution < 1.29 is 4.79 Å². The number of fused-ring (bicyclic) bond motifs is 1. The molecular formula is C15H20N2O. The average molecular weight is 244 g/mol. The first-order valence-corrected chi connectivity index (χ1v) is 6.94. The highest BCUT2D eigenvalue weighted by atomic mass is 16.1. The molecule has 1 aromatic carbocycles. The van der Waals surface area contributed by atoms with E-state index >= 15 is 0 Å². The number of carbonyl (C=O) groups is 1. The molecule has 0 aromatic heterocycles. The standard InChI is InChI=1S/C15H20N2O/c1-2-16-14(11-4-5-11)12-6-3-10-7-8-17-15(18)13(10)9-12/h3,6,9,11,14,16H,2,4-5,7-8H2,1H3,(H,17,18). The van der Waals surface area contributed by atoms with Crippen LogP contribution in [-0.2, 0) is 6.42 Å². The summed E-state index contributed by atoms with van der Waals surface area (Å²) in [7, 11) is 0. The van der Waals surface area contributed by atoms with E-state index in [1.54, 1.807) is 0 Å². The molecule has 1 heterocycles. The number of nitrogens with one attached hydrogen (secondary N) is 2. The van der Waals surface area contributed by atoms with Gasteiger partial charge in [0.15, 0.2) is 0 Å². The van der Waals surface area contributed by atoms with Crippen molar-refractivity contribution >= 4 is 5.91 Å². The Morgan fingerprint density at radius 2 is 2.28 bits per heavy atom. The van der Waals surface area contributed by atoms with Gasteiger partial charge < -0.3 is 10.6 Å². The summed E-state index contributed by atoms with van der Waals surface area (Å²) in [5.41, 5.74) is 3.34. The van der Waals surface area contributed by atoms with Crippen molar-refractivity contribution in [1.29, 1.82) is 0 Å². The molecule has 3 nitrogen and oxygen atoms in total.